The second-order valence-electron chi connectivity index (χ2n) is 5.09. The summed E-state index contributed by atoms with van der Waals surface area (Å²) in [5.41, 5.74) is 1.66. The number of halogens is 1. The van der Waals surface area contributed by atoms with Crippen molar-refractivity contribution < 1.29 is 18.3 Å². The fourth-order valence-corrected chi connectivity index (χ4v) is 3.64. The summed E-state index contributed by atoms with van der Waals surface area (Å²) in [6, 6.07) is 12.8. The molecule has 0 fully saturated rings. The average molecular weight is 353 g/mol. The van der Waals surface area contributed by atoms with E-state index in [1.54, 1.807) is 18.2 Å². The number of aryl methyl sites for hydroxylation is 1. The normalized spacial score (nSPS) is 11.6. The molecular formula is C16H15ClNO4S-. The molecule has 0 aliphatic rings. The van der Waals surface area contributed by atoms with Crippen molar-refractivity contribution in [3.05, 3.63) is 64.7 Å². The average Bonchev–Trinajstić information content (AvgIpc) is 2.46. The third-order valence-corrected chi connectivity index (χ3v) is 5.26. The third-order valence-electron chi connectivity index (χ3n) is 3.20. The number of hydrogen-bond acceptors (Lipinski definition) is 4. The maximum atomic E-state index is 12.7. The van der Waals surface area contributed by atoms with Gasteiger partial charge in [0.05, 0.1) is 17.4 Å². The van der Waals surface area contributed by atoms with Crippen LogP contribution in [0.1, 0.15) is 11.1 Å². The van der Waals surface area contributed by atoms with Crippen molar-refractivity contribution in [2.45, 2.75) is 18.4 Å². The predicted octanol–water partition coefficient (Wildman–Crippen LogP) is 1.59. The number of nitrogens with zero attached hydrogens (tertiary/aromatic N) is 1. The molecule has 0 radical (unpaired) electrons. The van der Waals surface area contributed by atoms with Gasteiger partial charge < -0.3 is 9.90 Å². The molecule has 0 saturated carbocycles. The minimum atomic E-state index is -3.97. The monoisotopic (exact) mass is 352 g/mol. The summed E-state index contributed by atoms with van der Waals surface area (Å²) in [6.07, 6.45) is 0. The molecule has 5 nitrogen and oxygen atoms in total. The van der Waals surface area contributed by atoms with Gasteiger partial charge in [0.15, 0.2) is 0 Å². The lowest BCUT2D eigenvalue weighted by molar-refractivity contribution is -0.305. The van der Waals surface area contributed by atoms with Crippen LogP contribution >= 0.6 is 11.6 Å². The smallest absolute Gasteiger partial charge is 0.243 e. The zero-order valence-electron chi connectivity index (χ0n) is 12.4. The van der Waals surface area contributed by atoms with Crippen LogP contribution < -0.4 is 5.11 Å². The molecule has 0 spiro atoms. The molecule has 0 bridgehead atoms. The van der Waals surface area contributed by atoms with Crippen LogP contribution in [0.2, 0.25) is 5.02 Å². The van der Waals surface area contributed by atoms with E-state index in [9.17, 15) is 18.3 Å². The lowest BCUT2D eigenvalue weighted by Crippen LogP contribution is -2.41. The Labute approximate surface area is 140 Å². The minimum absolute atomic E-state index is 0.0178. The van der Waals surface area contributed by atoms with Crippen LogP contribution in [0.5, 0.6) is 0 Å². The molecule has 23 heavy (non-hydrogen) atoms. The highest BCUT2D eigenvalue weighted by molar-refractivity contribution is 7.89. The summed E-state index contributed by atoms with van der Waals surface area (Å²) >= 11 is 5.76. The Balaban J connectivity index is 2.37. The molecular weight excluding hydrogens is 338 g/mol. The Hall–Kier alpha value is -1.89. The van der Waals surface area contributed by atoms with Gasteiger partial charge in [-0.15, -0.1) is 0 Å². The first-order valence-electron chi connectivity index (χ1n) is 6.80. The van der Waals surface area contributed by atoms with Crippen LogP contribution in [0.25, 0.3) is 0 Å². The molecule has 2 aromatic carbocycles. The highest BCUT2D eigenvalue weighted by Crippen LogP contribution is 2.20. The first-order chi connectivity index (χ1) is 10.8. The standard InChI is InChI=1S/C16H16ClNO4S/c1-12-3-2-4-13(9-12)10-18(11-16(19)20)23(21,22)15-7-5-14(17)6-8-15/h2-9H,10-11H2,1H3,(H,19,20)/p-1. The highest BCUT2D eigenvalue weighted by atomic mass is 35.5. The summed E-state index contributed by atoms with van der Waals surface area (Å²) in [6.45, 7) is 1.10. The Morgan fingerprint density at radius 1 is 1.17 bits per heavy atom. The van der Waals surface area contributed by atoms with E-state index in [1.807, 2.05) is 13.0 Å². The maximum Gasteiger partial charge on any atom is 0.243 e. The Morgan fingerprint density at radius 3 is 2.39 bits per heavy atom. The molecule has 0 N–H and O–H groups in total. The minimum Gasteiger partial charge on any atom is -0.549 e. The van der Waals surface area contributed by atoms with E-state index in [1.165, 1.54) is 24.3 Å². The van der Waals surface area contributed by atoms with Crippen molar-refractivity contribution in [2.24, 2.45) is 0 Å². The molecule has 2 aromatic rings. The van der Waals surface area contributed by atoms with Gasteiger partial charge >= 0.3 is 0 Å². The Morgan fingerprint density at radius 2 is 1.83 bits per heavy atom. The first-order valence-corrected chi connectivity index (χ1v) is 8.62. The predicted molar refractivity (Wildman–Crippen MR) is 85.2 cm³/mol. The Kier molecular flexibility index (Phi) is 5.41. The van der Waals surface area contributed by atoms with Crippen LogP contribution in [-0.2, 0) is 21.4 Å². The molecule has 0 aromatic heterocycles. The first kappa shape index (κ1) is 17.5. The van der Waals surface area contributed by atoms with Gasteiger partial charge in [0.25, 0.3) is 0 Å². The number of carbonyl (C=O) groups excluding carboxylic acids is 1. The lowest BCUT2D eigenvalue weighted by atomic mass is 10.1. The van der Waals surface area contributed by atoms with Gasteiger partial charge in [-0.2, -0.15) is 4.31 Å². The van der Waals surface area contributed by atoms with Crippen LogP contribution in [0.3, 0.4) is 0 Å². The number of carbonyl (C=O) groups is 1. The zero-order valence-corrected chi connectivity index (χ0v) is 14.0. The number of sulfonamides is 1. The molecule has 0 heterocycles. The van der Waals surface area contributed by atoms with Gasteiger partial charge in [0.2, 0.25) is 10.0 Å². The van der Waals surface area contributed by atoms with Gasteiger partial charge in [0, 0.05) is 11.6 Å². The SMILES string of the molecule is Cc1cccc(CN(CC(=O)[O-])S(=O)(=O)c2ccc(Cl)cc2)c1. The van der Waals surface area contributed by atoms with Gasteiger partial charge in [-0.3, -0.25) is 0 Å². The van der Waals surface area contributed by atoms with Crippen molar-refractivity contribution >= 4 is 27.6 Å². The third kappa shape index (κ3) is 4.54. The zero-order chi connectivity index (χ0) is 17.0. The van der Waals surface area contributed by atoms with E-state index in [0.29, 0.717) is 10.6 Å². The molecule has 122 valence electrons. The number of hydrogen-bond donors (Lipinski definition) is 0. The van der Waals surface area contributed by atoms with Crippen LogP contribution in [0.15, 0.2) is 53.4 Å². The number of carboxylic acids is 1. The van der Waals surface area contributed by atoms with Gasteiger partial charge in [-0.1, -0.05) is 41.4 Å². The molecule has 2 rings (SSSR count). The summed E-state index contributed by atoms with van der Waals surface area (Å²) in [4.78, 5) is 10.9. The van der Waals surface area contributed by atoms with E-state index in [4.69, 9.17) is 11.6 Å². The van der Waals surface area contributed by atoms with E-state index in [0.717, 1.165) is 9.87 Å². The van der Waals surface area contributed by atoms with Crippen molar-refractivity contribution in [1.82, 2.24) is 4.31 Å². The van der Waals surface area contributed by atoms with Gasteiger partial charge in [-0.05, 0) is 36.8 Å². The molecule has 0 unspecified atom stereocenters. The maximum absolute atomic E-state index is 12.7. The van der Waals surface area contributed by atoms with Gasteiger partial charge in [-0.25, -0.2) is 8.42 Å². The fourth-order valence-electron chi connectivity index (χ4n) is 2.14. The van der Waals surface area contributed by atoms with Crippen LogP contribution in [0.4, 0.5) is 0 Å². The van der Waals surface area contributed by atoms with Crippen LogP contribution in [0, 0.1) is 6.92 Å². The van der Waals surface area contributed by atoms with Crippen molar-refractivity contribution in [2.75, 3.05) is 6.54 Å². The quantitative estimate of drug-likeness (QED) is 0.791. The topological polar surface area (TPSA) is 77.5 Å². The summed E-state index contributed by atoms with van der Waals surface area (Å²) in [5, 5.41) is 11.4. The number of aliphatic carboxylic acids is 1. The summed E-state index contributed by atoms with van der Waals surface area (Å²) in [7, 11) is -3.97. The molecule has 0 aliphatic carbocycles. The number of benzene rings is 2. The van der Waals surface area contributed by atoms with Crippen molar-refractivity contribution in [3.8, 4) is 0 Å². The number of carboxylic acid groups (broad SMARTS) is 1. The van der Waals surface area contributed by atoms with Gasteiger partial charge in [0.1, 0.15) is 0 Å². The molecule has 0 aliphatic heterocycles. The molecule has 7 heteroatoms. The lowest BCUT2D eigenvalue weighted by Gasteiger charge is -2.23. The highest BCUT2D eigenvalue weighted by Gasteiger charge is 2.24. The second kappa shape index (κ2) is 7.12. The van der Waals surface area contributed by atoms with E-state index >= 15 is 0 Å². The van der Waals surface area contributed by atoms with Crippen molar-refractivity contribution in [1.29, 1.82) is 0 Å². The second-order valence-corrected chi connectivity index (χ2v) is 7.46. The molecule has 0 amide bonds. The summed E-state index contributed by atoms with van der Waals surface area (Å²) in [5.74, 6) is -1.46. The molecule has 0 atom stereocenters. The van der Waals surface area contributed by atoms with Crippen molar-refractivity contribution in [3.63, 3.8) is 0 Å². The number of rotatable bonds is 6. The van der Waals surface area contributed by atoms with E-state index in [-0.39, 0.29) is 11.4 Å². The van der Waals surface area contributed by atoms with E-state index < -0.39 is 22.5 Å². The largest absolute Gasteiger partial charge is 0.549 e. The Bertz CT molecular complexity index is 803. The summed E-state index contributed by atoms with van der Waals surface area (Å²) < 4.78 is 26.2. The van der Waals surface area contributed by atoms with Crippen LogP contribution in [-0.4, -0.2) is 25.2 Å². The van der Waals surface area contributed by atoms with E-state index in [2.05, 4.69) is 0 Å². The fraction of sp³-hybridized carbons (Fsp3) is 0.188. The molecule has 0 saturated heterocycles.